The van der Waals surface area contributed by atoms with Crippen molar-refractivity contribution in [2.24, 2.45) is 29.4 Å². The van der Waals surface area contributed by atoms with Crippen molar-refractivity contribution in [3.63, 3.8) is 0 Å². The molecule has 2 rings (SSSR count). The molecule has 0 saturated carbocycles. The molecular formula is C50H88N6O12. The molecule has 5 N–H and O–H groups in total. The van der Waals surface area contributed by atoms with Crippen LogP contribution in [0.15, 0.2) is 30.3 Å². The van der Waals surface area contributed by atoms with E-state index in [2.05, 4.69) is 10.6 Å². The van der Waals surface area contributed by atoms with Crippen molar-refractivity contribution >= 4 is 29.5 Å². The van der Waals surface area contributed by atoms with Crippen LogP contribution in [0.1, 0.15) is 99.2 Å². The van der Waals surface area contributed by atoms with Crippen molar-refractivity contribution in [1.82, 2.24) is 25.3 Å². The summed E-state index contributed by atoms with van der Waals surface area (Å²) in [5, 5.41) is 16.8. The number of benzene rings is 1. The van der Waals surface area contributed by atoms with Crippen LogP contribution in [-0.4, -0.2) is 186 Å². The molecule has 0 aromatic heterocycles. The third-order valence-corrected chi connectivity index (χ3v) is 13.0. The van der Waals surface area contributed by atoms with E-state index in [1.807, 2.05) is 59.7 Å². The molecule has 1 aromatic carbocycles. The molecule has 4 unspecified atom stereocenters. The fourth-order valence-electron chi connectivity index (χ4n) is 8.91. The molecule has 1 saturated heterocycles. The second-order valence-electron chi connectivity index (χ2n) is 18.7. The normalized spacial score (nSPS) is 18.0. The zero-order valence-electron chi connectivity index (χ0n) is 43.3. The van der Waals surface area contributed by atoms with E-state index >= 15 is 0 Å². The largest absolute Gasteiger partial charge is 0.386 e. The Bertz CT molecular complexity index is 1620. The van der Waals surface area contributed by atoms with E-state index in [1.165, 1.54) is 19.1 Å². The fourth-order valence-corrected chi connectivity index (χ4v) is 8.91. The zero-order chi connectivity index (χ0) is 50.9. The number of methoxy groups -OCH3 is 2. The summed E-state index contributed by atoms with van der Waals surface area (Å²) in [7, 11) is 6.34. The Hall–Kier alpha value is -3.75. The van der Waals surface area contributed by atoms with Crippen molar-refractivity contribution in [3.05, 3.63) is 35.9 Å². The molecule has 390 valence electrons. The lowest BCUT2D eigenvalue weighted by Crippen LogP contribution is -2.60. The summed E-state index contributed by atoms with van der Waals surface area (Å²) in [6.07, 6.45) is -0.166. The van der Waals surface area contributed by atoms with Crippen molar-refractivity contribution in [3.8, 4) is 0 Å². The van der Waals surface area contributed by atoms with Gasteiger partial charge >= 0.3 is 0 Å². The fraction of sp³-hybridized carbons (Fsp3) is 0.780. The van der Waals surface area contributed by atoms with Gasteiger partial charge in [0.2, 0.25) is 29.5 Å². The van der Waals surface area contributed by atoms with Gasteiger partial charge in [0.1, 0.15) is 12.1 Å². The molecule has 68 heavy (non-hydrogen) atoms. The van der Waals surface area contributed by atoms with Gasteiger partial charge in [-0.1, -0.05) is 85.2 Å². The highest BCUT2D eigenvalue weighted by Gasteiger charge is 2.43. The van der Waals surface area contributed by atoms with Gasteiger partial charge in [0, 0.05) is 41.4 Å². The van der Waals surface area contributed by atoms with E-state index in [-0.39, 0.29) is 66.9 Å². The Morgan fingerprint density at radius 1 is 0.779 bits per heavy atom. The molecule has 1 fully saturated rings. The number of nitrogens with zero attached hydrogens (tertiary/aromatic N) is 3. The molecule has 0 aliphatic carbocycles. The maximum absolute atomic E-state index is 14.6. The number of ether oxygens (including phenoxy) is 6. The van der Waals surface area contributed by atoms with E-state index in [4.69, 9.17) is 34.2 Å². The Kier molecular flexibility index (Phi) is 28.6. The summed E-state index contributed by atoms with van der Waals surface area (Å²) >= 11 is 0. The number of aliphatic hydroxyl groups excluding tert-OH is 1. The number of amides is 5. The van der Waals surface area contributed by atoms with Gasteiger partial charge in [-0.2, -0.15) is 0 Å². The number of rotatable bonds is 34. The van der Waals surface area contributed by atoms with Gasteiger partial charge in [0.15, 0.2) is 0 Å². The first-order valence-corrected chi connectivity index (χ1v) is 24.6. The predicted molar refractivity (Wildman–Crippen MR) is 260 cm³/mol. The molecule has 1 heterocycles. The summed E-state index contributed by atoms with van der Waals surface area (Å²) in [5.74, 6) is -2.88. The number of carbonyl (C=O) groups is 5. The molecule has 1 aromatic rings. The molecule has 0 radical (unpaired) electrons. The smallest absolute Gasteiger partial charge is 0.245 e. The molecule has 18 heteroatoms. The maximum atomic E-state index is 14.6. The molecule has 1 aliphatic heterocycles. The van der Waals surface area contributed by atoms with Gasteiger partial charge in [-0.15, -0.1) is 0 Å². The van der Waals surface area contributed by atoms with Crippen LogP contribution in [-0.2, 0) is 52.4 Å². The Morgan fingerprint density at radius 2 is 1.35 bits per heavy atom. The quantitative estimate of drug-likeness (QED) is 0.0731. The average molecular weight is 965 g/mol. The monoisotopic (exact) mass is 965 g/mol. The summed E-state index contributed by atoms with van der Waals surface area (Å²) < 4.78 is 33.8. The number of carbonyl (C=O) groups excluding carboxylic acids is 5. The SMILES string of the molecule is CC[C@H](C)C([C@@H](CC(=O)N1CCC[C@@H]1[C@H](OC)C(C)C(=O)N[C@@H](C)C(O)c1ccccc1)OC)N(C)C(=O)[C@H](NC(=O)C(C(C)C)N(C)C(=O)CCOCCOCCOCCOCCN)C(C)C. The minimum atomic E-state index is -0.940. The Morgan fingerprint density at radius 3 is 1.87 bits per heavy atom. The lowest BCUT2D eigenvalue weighted by Gasteiger charge is -2.41. The number of likely N-dealkylation sites (N-methyl/N-ethyl adjacent to an activating group) is 2. The van der Waals surface area contributed by atoms with Crippen LogP contribution in [0.25, 0.3) is 0 Å². The summed E-state index contributed by atoms with van der Waals surface area (Å²) in [4.78, 5) is 74.7. The lowest BCUT2D eigenvalue weighted by molar-refractivity contribution is -0.148. The second-order valence-corrected chi connectivity index (χ2v) is 18.7. The summed E-state index contributed by atoms with van der Waals surface area (Å²) in [6, 6.07) is 5.84. The second kappa shape index (κ2) is 32.2. The van der Waals surface area contributed by atoms with E-state index in [9.17, 15) is 29.1 Å². The molecule has 0 bridgehead atoms. The van der Waals surface area contributed by atoms with Gasteiger partial charge in [-0.3, -0.25) is 24.0 Å². The maximum Gasteiger partial charge on any atom is 0.245 e. The van der Waals surface area contributed by atoms with E-state index in [0.717, 1.165) is 6.42 Å². The molecule has 0 spiro atoms. The van der Waals surface area contributed by atoms with Crippen molar-refractivity contribution < 1.29 is 57.5 Å². The first kappa shape index (κ1) is 60.4. The first-order valence-electron chi connectivity index (χ1n) is 24.6. The Labute approximate surface area is 406 Å². The molecule has 18 nitrogen and oxygen atoms in total. The highest BCUT2D eigenvalue weighted by Crippen LogP contribution is 2.30. The van der Waals surface area contributed by atoms with Crippen LogP contribution in [0.3, 0.4) is 0 Å². The van der Waals surface area contributed by atoms with Crippen molar-refractivity contribution in [2.45, 2.75) is 136 Å². The highest BCUT2D eigenvalue weighted by molar-refractivity contribution is 5.92. The standard InChI is InChI=1S/C50H88N6O12/c1-13-35(6)45(40(63-11)32-42(58)56-23-17-20-39(56)47(64-12)36(7)48(60)52-37(8)46(59)38-18-15-14-16-19-38)55(10)50(62)43(33(2)3)53-49(61)44(34(4)5)54(9)41(57)21-24-65-26-28-67-30-31-68-29-27-66-25-22-51/h14-16,18-19,33-37,39-40,43-47,59H,13,17,20-32,51H2,1-12H3,(H,52,60)(H,53,61)/t35-,36?,37-,39+,40+,43+,44?,45?,46?,47+/m0/s1. The van der Waals surface area contributed by atoms with Gasteiger partial charge in [-0.25, -0.2) is 0 Å². The summed E-state index contributed by atoms with van der Waals surface area (Å²) in [5.41, 5.74) is 6.08. The molecule has 1 aliphatic rings. The highest BCUT2D eigenvalue weighted by atomic mass is 16.6. The van der Waals surface area contributed by atoms with Crippen molar-refractivity contribution in [2.75, 3.05) is 94.3 Å². The molecule has 10 atom stereocenters. The average Bonchev–Trinajstić information content (AvgIpc) is 3.81. The number of aliphatic hydroxyl groups is 1. The number of nitrogens with two attached hydrogens (primary N) is 1. The number of hydrogen-bond donors (Lipinski definition) is 4. The van der Waals surface area contributed by atoms with Gasteiger partial charge in [-0.05, 0) is 43.1 Å². The van der Waals surface area contributed by atoms with Crippen molar-refractivity contribution in [1.29, 1.82) is 0 Å². The zero-order valence-corrected chi connectivity index (χ0v) is 43.3. The van der Waals surface area contributed by atoms with Crippen LogP contribution in [0, 0.1) is 23.7 Å². The summed E-state index contributed by atoms with van der Waals surface area (Å²) in [6.45, 7) is 18.9. The molecular weight excluding hydrogens is 877 g/mol. The van der Waals surface area contributed by atoms with Crippen LogP contribution < -0.4 is 16.4 Å². The predicted octanol–water partition coefficient (Wildman–Crippen LogP) is 3.18. The number of nitrogens with one attached hydrogen (secondary N) is 2. The van der Waals surface area contributed by atoms with E-state index < -0.39 is 54.3 Å². The van der Waals surface area contributed by atoms with Gasteiger partial charge in [0.25, 0.3) is 0 Å². The van der Waals surface area contributed by atoms with Crippen LogP contribution >= 0.6 is 0 Å². The van der Waals surface area contributed by atoms with Crippen LogP contribution in [0.2, 0.25) is 0 Å². The first-order chi connectivity index (χ1) is 32.4. The number of likely N-dealkylation sites (tertiary alicyclic amines) is 1. The third kappa shape index (κ3) is 18.9. The third-order valence-electron chi connectivity index (χ3n) is 13.0. The lowest BCUT2D eigenvalue weighted by atomic mass is 9.89. The van der Waals surface area contributed by atoms with Crippen LogP contribution in [0.4, 0.5) is 0 Å². The molecule has 5 amide bonds. The Balaban J connectivity index is 2.10. The van der Waals surface area contributed by atoms with E-state index in [1.54, 1.807) is 49.9 Å². The van der Waals surface area contributed by atoms with E-state index in [0.29, 0.717) is 77.7 Å². The van der Waals surface area contributed by atoms with Gasteiger partial charge in [0.05, 0.1) is 108 Å². The topological polar surface area (TPSA) is 221 Å². The minimum Gasteiger partial charge on any atom is -0.386 e. The van der Waals surface area contributed by atoms with Crippen LogP contribution in [0.5, 0.6) is 0 Å². The minimum absolute atomic E-state index is 0.0316. The van der Waals surface area contributed by atoms with Gasteiger partial charge < -0.3 is 64.6 Å². The number of hydrogen-bond acceptors (Lipinski definition) is 13.